The molecule has 0 radical (unpaired) electrons. The Balaban J connectivity index is 2.50. The quantitative estimate of drug-likeness (QED) is 0.537. The summed E-state index contributed by atoms with van der Waals surface area (Å²) in [6.45, 7) is 4.94. The Morgan fingerprint density at radius 3 is 2.56 bits per heavy atom. The van der Waals surface area contributed by atoms with Crippen LogP contribution in [-0.2, 0) is 22.6 Å². The van der Waals surface area contributed by atoms with Gasteiger partial charge in [-0.1, -0.05) is 13.3 Å². The molecule has 0 aromatic carbocycles. The van der Waals surface area contributed by atoms with Crippen molar-refractivity contribution in [3.8, 4) is 0 Å². The molecule has 1 aromatic heterocycles. The molecule has 1 rings (SSSR count). The van der Waals surface area contributed by atoms with E-state index in [1.54, 1.807) is 17.0 Å². The third-order valence-electron chi connectivity index (χ3n) is 2.32. The van der Waals surface area contributed by atoms with Gasteiger partial charge in [0.2, 0.25) is 0 Å². The van der Waals surface area contributed by atoms with Gasteiger partial charge in [-0.25, -0.2) is 4.79 Å². The Bertz CT molecular complexity index is 392. The SMILES string of the molecule is CCCCOC(=O)Cn1ccn(CC)c1=O. The summed E-state index contributed by atoms with van der Waals surface area (Å²) in [6, 6.07) is 0. The van der Waals surface area contributed by atoms with Gasteiger partial charge >= 0.3 is 11.7 Å². The van der Waals surface area contributed by atoms with Gasteiger partial charge < -0.3 is 4.74 Å². The molecule has 0 saturated carbocycles. The molecule has 0 atom stereocenters. The molecule has 5 nitrogen and oxygen atoms in total. The van der Waals surface area contributed by atoms with Crippen molar-refractivity contribution >= 4 is 5.97 Å². The van der Waals surface area contributed by atoms with Crippen molar-refractivity contribution in [2.75, 3.05) is 6.61 Å². The number of imidazole rings is 1. The zero-order valence-electron chi connectivity index (χ0n) is 9.81. The van der Waals surface area contributed by atoms with E-state index in [4.69, 9.17) is 4.74 Å². The maximum Gasteiger partial charge on any atom is 0.328 e. The highest BCUT2D eigenvalue weighted by Crippen LogP contribution is 1.92. The van der Waals surface area contributed by atoms with Gasteiger partial charge in [0, 0.05) is 18.9 Å². The molecule has 0 aliphatic rings. The fourth-order valence-corrected chi connectivity index (χ4v) is 1.33. The van der Waals surface area contributed by atoms with Crippen LogP contribution in [0, 0.1) is 0 Å². The second-order valence-corrected chi connectivity index (χ2v) is 3.57. The van der Waals surface area contributed by atoms with Crippen molar-refractivity contribution in [1.82, 2.24) is 9.13 Å². The van der Waals surface area contributed by atoms with E-state index in [0.717, 1.165) is 12.8 Å². The van der Waals surface area contributed by atoms with Gasteiger partial charge in [-0.05, 0) is 13.3 Å². The van der Waals surface area contributed by atoms with Crippen molar-refractivity contribution in [3.63, 3.8) is 0 Å². The minimum Gasteiger partial charge on any atom is -0.464 e. The van der Waals surface area contributed by atoms with Crippen LogP contribution in [0.25, 0.3) is 0 Å². The minimum atomic E-state index is -0.357. The van der Waals surface area contributed by atoms with Gasteiger partial charge in [-0.15, -0.1) is 0 Å². The van der Waals surface area contributed by atoms with E-state index in [2.05, 4.69) is 0 Å². The lowest BCUT2D eigenvalue weighted by molar-refractivity contribution is -0.144. The third-order valence-corrected chi connectivity index (χ3v) is 2.32. The first-order valence-electron chi connectivity index (χ1n) is 5.60. The molecule has 90 valence electrons. The highest BCUT2D eigenvalue weighted by Gasteiger charge is 2.07. The number of hydrogen-bond donors (Lipinski definition) is 0. The Morgan fingerprint density at radius 1 is 1.31 bits per heavy atom. The molecule has 1 aromatic rings. The molecular formula is C11H18N2O3. The van der Waals surface area contributed by atoms with Crippen LogP contribution in [0.4, 0.5) is 0 Å². The van der Waals surface area contributed by atoms with Crippen LogP contribution >= 0.6 is 0 Å². The molecule has 0 saturated heterocycles. The molecule has 0 aliphatic carbocycles. The number of hydrogen-bond acceptors (Lipinski definition) is 3. The van der Waals surface area contributed by atoms with Crippen molar-refractivity contribution in [1.29, 1.82) is 0 Å². The van der Waals surface area contributed by atoms with E-state index in [1.165, 1.54) is 4.57 Å². The van der Waals surface area contributed by atoms with Crippen LogP contribution in [0.15, 0.2) is 17.2 Å². The Kier molecular flexibility index (Phi) is 4.82. The van der Waals surface area contributed by atoms with Gasteiger partial charge in [0.05, 0.1) is 6.61 Å². The summed E-state index contributed by atoms with van der Waals surface area (Å²) in [5, 5.41) is 0. The summed E-state index contributed by atoms with van der Waals surface area (Å²) in [5.41, 5.74) is -0.171. The number of unbranched alkanes of at least 4 members (excludes halogenated alkanes) is 1. The van der Waals surface area contributed by atoms with Crippen molar-refractivity contribution in [2.45, 2.75) is 39.8 Å². The second-order valence-electron chi connectivity index (χ2n) is 3.57. The molecule has 0 spiro atoms. The molecule has 0 aliphatic heterocycles. The number of aromatic nitrogens is 2. The van der Waals surface area contributed by atoms with Crippen LogP contribution < -0.4 is 5.69 Å². The molecule has 0 fully saturated rings. The molecule has 16 heavy (non-hydrogen) atoms. The van der Waals surface area contributed by atoms with Gasteiger partial charge in [-0.2, -0.15) is 0 Å². The number of carbonyl (C=O) groups is 1. The van der Waals surface area contributed by atoms with Crippen molar-refractivity contribution in [2.24, 2.45) is 0 Å². The average Bonchev–Trinajstić information content (AvgIpc) is 2.60. The maximum absolute atomic E-state index is 11.6. The second kappa shape index (κ2) is 6.15. The summed E-state index contributed by atoms with van der Waals surface area (Å²) in [4.78, 5) is 22.9. The van der Waals surface area contributed by atoms with E-state index < -0.39 is 0 Å². The third kappa shape index (κ3) is 3.25. The number of ether oxygens (including phenoxy) is 1. The Morgan fingerprint density at radius 2 is 2.00 bits per heavy atom. The summed E-state index contributed by atoms with van der Waals surface area (Å²) >= 11 is 0. The first kappa shape index (κ1) is 12.5. The largest absolute Gasteiger partial charge is 0.464 e. The van der Waals surface area contributed by atoms with E-state index in [9.17, 15) is 9.59 Å². The van der Waals surface area contributed by atoms with Crippen LogP contribution in [0.1, 0.15) is 26.7 Å². The van der Waals surface area contributed by atoms with Crippen molar-refractivity contribution in [3.05, 3.63) is 22.9 Å². The molecule has 5 heteroatoms. The van der Waals surface area contributed by atoms with Crippen LogP contribution in [0.3, 0.4) is 0 Å². The highest BCUT2D eigenvalue weighted by atomic mass is 16.5. The first-order valence-corrected chi connectivity index (χ1v) is 5.60. The standard InChI is InChI=1S/C11H18N2O3/c1-3-5-8-16-10(14)9-13-7-6-12(4-2)11(13)15/h6-7H,3-5,8-9H2,1-2H3. The van der Waals surface area contributed by atoms with E-state index >= 15 is 0 Å². The predicted octanol–water partition coefficient (Wildman–Crippen LogP) is 1.01. The van der Waals surface area contributed by atoms with Gasteiger partial charge in [0.15, 0.2) is 0 Å². The summed E-state index contributed by atoms with van der Waals surface area (Å²) < 4.78 is 7.88. The maximum atomic E-state index is 11.6. The Hall–Kier alpha value is -1.52. The number of carbonyl (C=O) groups excluding carboxylic acids is 1. The molecular weight excluding hydrogens is 208 g/mol. The molecule has 0 amide bonds. The lowest BCUT2D eigenvalue weighted by Crippen LogP contribution is -2.27. The van der Waals surface area contributed by atoms with E-state index in [1.807, 2.05) is 13.8 Å². The zero-order chi connectivity index (χ0) is 12.0. The van der Waals surface area contributed by atoms with Gasteiger partial charge in [-0.3, -0.25) is 13.9 Å². The summed E-state index contributed by atoms with van der Waals surface area (Å²) in [7, 11) is 0. The zero-order valence-corrected chi connectivity index (χ0v) is 9.81. The molecule has 0 N–H and O–H groups in total. The van der Waals surface area contributed by atoms with Gasteiger partial charge in [0.25, 0.3) is 0 Å². The lowest BCUT2D eigenvalue weighted by atomic mass is 10.4. The smallest absolute Gasteiger partial charge is 0.328 e. The summed E-state index contributed by atoms with van der Waals surface area (Å²) in [6.07, 6.45) is 5.12. The first-order chi connectivity index (χ1) is 7.69. The van der Waals surface area contributed by atoms with Gasteiger partial charge in [0.1, 0.15) is 6.54 Å². The van der Waals surface area contributed by atoms with Crippen LogP contribution in [0.5, 0.6) is 0 Å². The Labute approximate surface area is 94.6 Å². The number of esters is 1. The van der Waals surface area contributed by atoms with Crippen molar-refractivity contribution < 1.29 is 9.53 Å². The number of aryl methyl sites for hydroxylation is 1. The fraction of sp³-hybridized carbons (Fsp3) is 0.636. The topological polar surface area (TPSA) is 53.2 Å². The van der Waals surface area contributed by atoms with E-state index in [0.29, 0.717) is 13.2 Å². The summed E-state index contributed by atoms with van der Waals surface area (Å²) in [5.74, 6) is -0.357. The minimum absolute atomic E-state index is 0.00442. The lowest BCUT2D eigenvalue weighted by Gasteiger charge is -2.03. The molecule has 1 heterocycles. The number of nitrogens with zero attached hydrogens (tertiary/aromatic N) is 2. The molecule has 0 unspecified atom stereocenters. The molecule has 0 bridgehead atoms. The monoisotopic (exact) mass is 226 g/mol. The fourth-order valence-electron chi connectivity index (χ4n) is 1.33. The predicted molar refractivity (Wildman–Crippen MR) is 60.2 cm³/mol. The highest BCUT2D eigenvalue weighted by molar-refractivity contribution is 5.69. The van der Waals surface area contributed by atoms with Crippen LogP contribution in [-0.4, -0.2) is 21.7 Å². The van der Waals surface area contributed by atoms with Crippen LogP contribution in [0.2, 0.25) is 0 Å². The van der Waals surface area contributed by atoms with E-state index in [-0.39, 0.29) is 18.2 Å². The normalized spacial score (nSPS) is 10.4. The number of rotatable bonds is 6. The average molecular weight is 226 g/mol.